The Hall–Kier alpha value is -3.72. The van der Waals surface area contributed by atoms with Gasteiger partial charge in [0.2, 0.25) is 0 Å². The molecule has 0 fully saturated rings. The molecule has 0 amide bonds. The second-order valence-electron chi connectivity index (χ2n) is 6.66. The van der Waals surface area contributed by atoms with E-state index in [0.717, 1.165) is 49.9 Å². The van der Waals surface area contributed by atoms with Crippen LogP contribution in [0.15, 0.2) is 91.1 Å². The number of aromatic nitrogens is 2. The highest BCUT2D eigenvalue weighted by atomic mass is 16.5. The van der Waals surface area contributed by atoms with E-state index in [4.69, 9.17) is 9.72 Å². The minimum absolute atomic E-state index is 0.807. The highest BCUT2D eigenvalue weighted by molar-refractivity contribution is 6.09. The zero-order valence-corrected chi connectivity index (χ0v) is 15.5. The van der Waals surface area contributed by atoms with Gasteiger partial charge in [-0.2, -0.15) is 0 Å². The molecule has 0 saturated heterocycles. The van der Waals surface area contributed by atoms with Gasteiger partial charge in [0.1, 0.15) is 5.75 Å². The van der Waals surface area contributed by atoms with Crippen LogP contribution in [0.25, 0.3) is 44.2 Å². The van der Waals surface area contributed by atoms with Crippen molar-refractivity contribution in [3.05, 3.63) is 91.1 Å². The van der Waals surface area contributed by atoms with Crippen LogP contribution in [0.5, 0.6) is 5.75 Å². The van der Waals surface area contributed by atoms with Gasteiger partial charge in [-0.25, -0.2) is 4.98 Å². The molecule has 28 heavy (non-hydrogen) atoms. The number of ether oxygens (including phenoxy) is 1. The summed E-state index contributed by atoms with van der Waals surface area (Å²) in [5.74, 6) is 0.807. The van der Waals surface area contributed by atoms with Gasteiger partial charge in [0.15, 0.2) is 0 Å². The minimum atomic E-state index is 0.807. The van der Waals surface area contributed by atoms with E-state index in [1.165, 1.54) is 0 Å². The summed E-state index contributed by atoms with van der Waals surface area (Å²) in [5.41, 5.74) is 5.95. The van der Waals surface area contributed by atoms with Gasteiger partial charge in [0, 0.05) is 22.5 Å². The van der Waals surface area contributed by atoms with Gasteiger partial charge < -0.3 is 4.74 Å². The van der Waals surface area contributed by atoms with Gasteiger partial charge in [-0.05, 0) is 35.4 Å². The molecular weight excluding hydrogens is 344 g/mol. The summed E-state index contributed by atoms with van der Waals surface area (Å²) >= 11 is 0. The minimum Gasteiger partial charge on any atom is -0.496 e. The molecule has 0 bridgehead atoms. The summed E-state index contributed by atoms with van der Waals surface area (Å²) in [6.45, 7) is 0. The maximum absolute atomic E-state index is 5.59. The normalized spacial score (nSPS) is 11.0. The average molecular weight is 362 g/mol. The van der Waals surface area contributed by atoms with Crippen molar-refractivity contribution in [1.82, 2.24) is 9.97 Å². The number of hydrogen-bond donors (Lipinski definition) is 0. The highest BCUT2D eigenvalue weighted by Crippen LogP contribution is 2.37. The van der Waals surface area contributed by atoms with E-state index < -0.39 is 0 Å². The first-order valence-corrected chi connectivity index (χ1v) is 9.22. The van der Waals surface area contributed by atoms with Crippen molar-refractivity contribution in [2.24, 2.45) is 0 Å². The molecule has 5 aromatic rings. The molecule has 0 saturated carbocycles. The molecule has 0 aliphatic carbocycles. The molecule has 134 valence electrons. The number of pyridine rings is 2. The van der Waals surface area contributed by atoms with Gasteiger partial charge in [-0.1, -0.05) is 60.7 Å². The summed E-state index contributed by atoms with van der Waals surface area (Å²) in [4.78, 5) is 9.65. The summed E-state index contributed by atoms with van der Waals surface area (Å²) in [6.07, 6.45) is 1.82. The second kappa shape index (κ2) is 6.78. The molecule has 0 atom stereocenters. The van der Waals surface area contributed by atoms with Crippen LogP contribution in [-0.2, 0) is 0 Å². The van der Waals surface area contributed by atoms with Crippen LogP contribution in [0.2, 0.25) is 0 Å². The average Bonchev–Trinajstić information content (AvgIpc) is 2.78. The van der Waals surface area contributed by atoms with Crippen LogP contribution in [0, 0.1) is 0 Å². The number of hydrogen-bond acceptors (Lipinski definition) is 3. The van der Waals surface area contributed by atoms with E-state index >= 15 is 0 Å². The van der Waals surface area contributed by atoms with Crippen LogP contribution in [0.4, 0.5) is 0 Å². The Morgan fingerprint density at radius 1 is 0.714 bits per heavy atom. The first kappa shape index (κ1) is 16.5. The number of methoxy groups -OCH3 is 1. The Balaban J connectivity index is 1.91. The van der Waals surface area contributed by atoms with Crippen molar-refractivity contribution < 1.29 is 4.74 Å². The molecule has 0 aliphatic heterocycles. The van der Waals surface area contributed by atoms with Crippen molar-refractivity contribution in [2.45, 2.75) is 0 Å². The van der Waals surface area contributed by atoms with E-state index in [1.54, 1.807) is 7.11 Å². The molecular formula is C25H18N2O. The van der Waals surface area contributed by atoms with E-state index in [0.29, 0.717) is 0 Å². The fourth-order valence-electron chi connectivity index (χ4n) is 3.68. The number of para-hydroxylation sites is 1. The number of benzene rings is 3. The quantitative estimate of drug-likeness (QED) is 0.362. The lowest BCUT2D eigenvalue weighted by atomic mass is 9.97. The van der Waals surface area contributed by atoms with E-state index in [9.17, 15) is 0 Å². The van der Waals surface area contributed by atoms with Crippen LogP contribution >= 0.6 is 0 Å². The third kappa shape index (κ3) is 2.69. The molecule has 0 spiro atoms. The fraction of sp³-hybridized carbons (Fsp3) is 0.0400. The monoisotopic (exact) mass is 362 g/mol. The van der Waals surface area contributed by atoms with E-state index in [2.05, 4.69) is 53.5 Å². The van der Waals surface area contributed by atoms with Crippen molar-refractivity contribution in [3.63, 3.8) is 0 Å². The SMILES string of the molecule is COc1ccccc1-c1cc(-c2ccccc2)c2ccc3cccnc3c2n1. The topological polar surface area (TPSA) is 35.0 Å². The van der Waals surface area contributed by atoms with Crippen molar-refractivity contribution in [1.29, 1.82) is 0 Å². The van der Waals surface area contributed by atoms with Gasteiger partial charge in [-0.3, -0.25) is 4.98 Å². The van der Waals surface area contributed by atoms with Crippen LogP contribution in [0.1, 0.15) is 0 Å². The molecule has 2 heterocycles. The third-order valence-corrected chi connectivity index (χ3v) is 5.02. The maximum Gasteiger partial charge on any atom is 0.128 e. The number of fused-ring (bicyclic) bond motifs is 3. The smallest absolute Gasteiger partial charge is 0.128 e. The Bertz CT molecular complexity index is 1300. The van der Waals surface area contributed by atoms with Crippen molar-refractivity contribution >= 4 is 21.8 Å². The first-order chi connectivity index (χ1) is 13.8. The third-order valence-electron chi connectivity index (χ3n) is 5.02. The second-order valence-corrected chi connectivity index (χ2v) is 6.66. The van der Waals surface area contributed by atoms with Gasteiger partial charge >= 0.3 is 0 Å². The highest BCUT2D eigenvalue weighted by Gasteiger charge is 2.14. The largest absolute Gasteiger partial charge is 0.496 e. The van der Waals surface area contributed by atoms with Crippen LogP contribution in [-0.4, -0.2) is 17.1 Å². The predicted octanol–water partition coefficient (Wildman–Crippen LogP) is 6.13. The van der Waals surface area contributed by atoms with Crippen LogP contribution < -0.4 is 4.74 Å². The Kier molecular flexibility index (Phi) is 3.99. The molecule has 0 aliphatic rings. The molecule has 0 unspecified atom stereocenters. The number of nitrogens with zero attached hydrogens (tertiary/aromatic N) is 2. The standard InChI is InChI=1S/C25H18N2O/c1-28-23-12-6-5-11-20(23)22-16-21(17-8-3-2-4-9-17)19-14-13-18-10-7-15-26-24(18)25(19)27-22/h2-16H,1H3. The fourth-order valence-corrected chi connectivity index (χ4v) is 3.68. The Labute approximate surface area is 163 Å². The van der Waals surface area contributed by atoms with E-state index in [-0.39, 0.29) is 0 Å². The van der Waals surface area contributed by atoms with Crippen LogP contribution in [0.3, 0.4) is 0 Å². The molecule has 3 nitrogen and oxygen atoms in total. The van der Waals surface area contributed by atoms with Gasteiger partial charge in [0.25, 0.3) is 0 Å². The summed E-state index contributed by atoms with van der Waals surface area (Å²) < 4.78 is 5.59. The number of rotatable bonds is 3. The Morgan fingerprint density at radius 2 is 1.54 bits per heavy atom. The van der Waals surface area contributed by atoms with Crippen molar-refractivity contribution in [2.75, 3.05) is 7.11 Å². The zero-order valence-electron chi connectivity index (χ0n) is 15.5. The molecule has 0 N–H and O–H groups in total. The molecule has 3 aromatic carbocycles. The molecule has 0 radical (unpaired) electrons. The summed E-state index contributed by atoms with van der Waals surface area (Å²) in [5, 5.41) is 2.18. The maximum atomic E-state index is 5.59. The Morgan fingerprint density at radius 3 is 2.39 bits per heavy atom. The molecule has 3 heteroatoms. The first-order valence-electron chi connectivity index (χ1n) is 9.22. The lowest BCUT2D eigenvalue weighted by Crippen LogP contribution is -1.94. The van der Waals surface area contributed by atoms with Gasteiger partial charge in [-0.15, -0.1) is 0 Å². The lowest BCUT2D eigenvalue weighted by Gasteiger charge is -2.13. The molecule has 2 aromatic heterocycles. The van der Waals surface area contributed by atoms with Crippen molar-refractivity contribution in [3.8, 4) is 28.1 Å². The molecule has 5 rings (SSSR count). The summed E-state index contributed by atoms with van der Waals surface area (Å²) in [7, 11) is 1.69. The van der Waals surface area contributed by atoms with Gasteiger partial charge in [0.05, 0.1) is 23.8 Å². The lowest BCUT2D eigenvalue weighted by molar-refractivity contribution is 0.416. The predicted molar refractivity (Wildman–Crippen MR) is 114 cm³/mol. The zero-order chi connectivity index (χ0) is 18.9. The summed E-state index contributed by atoms with van der Waals surface area (Å²) in [6, 6.07) is 28.8. The van der Waals surface area contributed by atoms with E-state index in [1.807, 2.05) is 42.6 Å².